The highest BCUT2D eigenvalue weighted by atomic mass is 16.2. The van der Waals surface area contributed by atoms with E-state index >= 15 is 0 Å². The van der Waals surface area contributed by atoms with E-state index in [1.165, 1.54) is 24.8 Å². The Hall–Kier alpha value is -1.92. The van der Waals surface area contributed by atoms with Gasteiger partial charge in [-0.15, -0.1) is 0 Å². The number of carbonyl (C=O) groups is 2. The molecule has 6 nitrogen and oxygen atoms in total. The maximum Gasteiger partial charge on any atom is 0.245 e. The van der Waals surface area contributed by atoms with Crippen LogP contribution in [0.4, 0.5) is 0 Å². The second-order valence-corrected chi connectivity index (χ2v) is 10.7. The Bertz CT molecular complexity index is 795. The molecule has 1 aromatic rings. The number of hydrogen-bond donors (Lipinski definition) is 2. The van der Waals surface area contributed by atoms with E-state index in [0.717, 1.165) is 64.7 Å². The molecule has 1 aliphatic carbocycles. The first-order valence-corrected chi connectivity index (χ1v) is 13.6. The van der Waals surface area contributed by atoms with Crippen molar-refractivity contribution in [2.24, 2.45) is 11.8 Å². The summed E-state index contributed by atoms with van der Waals surface area (Å²) < 4.78 is 0. The molecule has 2 saturated heterocycles. The van der Waals surface area contributed by atoms with Crippen LogP contribution in [0, 0.1) is 11.8 Å². The molecule has 2 unspecified atom stereocenters. The summed E-state index contributed by atoms with van der Waals surface area (Å²) in [5, 5.41) is 6.20. The van der Waals surface area contributed by atoms with Gasteiger partial charge in [-0.3, -0.25) is 9.59 Å². The summed E-state index contributed by atoms with van der Waals surface area (Å²) in [5.41, 5.74) is 1.38. The first kappa shape index (κ1) is 25.2. The number of amides is 2. The number of rotatable bonds is 8. The van der Waals surface area contributed by atoms with Crippen LogP contribution in [-0.4, -0.2) is 73.0 Å². The van der Waals surface area contributed by atoms with Gasteiger partial charge >= 0.3 is 0 Å². The SMILES string of the molecule is CN[C@@H](C)C(=O)N[C@@H](C(=O)N1CCC2CCCN(CCc3ccccc3)CC21)C1CCCCC1. The summed E-state index contributed by atoms with van der Waals surface area (Å²) in [6.07, 6.45) is 10.2. The molecular weight excluding hydrogens is 424 g/mol. The molecule has 2 heterocycles. The van der Waals surface area contributed by atoms with Crippen LogP contribution in [0.15, 0.2) is 30.3 Å². The van der Waals surface area contributed by atoms with Crippen molar-refractivity contribution in [3.05, 3.63) is 35.9 Å². The third-order valence-electron chi connectivity index (χ3n) is 8.53. The summed E-state index contributed by atoms with van der Waals surface area (Å²) >= 11 is 0. The number of nitrogens with zero attached hydrogens (tertiary/aromatic N) is 2. The van der Waals surface area contributed by atoms with Gasteiger partial charge in [0.1, 0.15) is 6.04 Å². The van der Waals surface area contributed by atoms with Gasteiger partial charge < -0.3 is 20.4 Å². The lowest BCUT2D eigenvalue weighted by atomic mass is 9.83. The molecule has 6 heteroatoms. The zero-order chi connectivity index (χ0) is 23.9. The van der Waals surface area contributed by atoms with Crippen molar-refractivity contribution in [2.45, 2.75) is 82.8 Å². The summed E-state index contributed by atoms with van der Waals surface area (Å²) in [7, 11) is 1.79. The molecule has 2 N–H and O–H groups in total. The molecule has 188 valence electrons. The zero-order valence-corrected chi connectivity index (χ0v) is 21.2. The molecule has 4 rings (SSSR count). The molecule has 0 bridgehead atoms. The van der Waals surface area contributed by atoms with E-state index < -0.39 is 0 Å². The average molecular weight is 469 g/mol. The molecule has 2 aliphatic heterocycles. The molecule has 3 fully saturated rings. The quantitative estimate of drug-likeness (QED) is 0.615. The predicted octanol–water partition coefficient (Wildman–Crippen LogP) is 3.22. The summed E-state index contributed by atoms with van der Waals surface area (Å²) in [4.78, 5) is 31.6. The number of benzene rings is 1. The minimum atomic E-state index is -0.386. The van der Waals surface area contributed by atoms with Gasteiger partial charge in [-0.2, -0.15) is 0 Å². The first-order valence-electron chi connectivity index (χ1n) is 13.6. The van der Waals surface area contributed by atoms with Crippen LogP contribution in [0.2, 0.25) is 0 Å². The van der Waals surface area contributed by atoms with Crippen LogP contribution in [0.3, 0.4) is 0 Å². The monoisotopic (exact) mass is 468 g/mol. The topological polar surface area (TPSA) is 64.7 Å². The number of carbonyl (C=O) groups excluding carboxylic acids is 2. The van der Waals surface area contributed by atoms with Crippen LogP contribution in [0.5, 0.6) is 0 Å². The molecular formula is C28H44N4O2. The lowest BCUT2D eigenvalue weighted by Gasteiger charge is -2.37. The standard InChI is InChI=1S/C28H44N4O2/c1-21(29-2)27(33)30-26(24-12-7-4-8-13-24)28(34)32-19-16-23-14-9-17-31(20-25(23)32)18-15-22-10-5-3-6-11-22/h3,5-6,10-11,21,23-26,29H,4,7-9,12-20H2,1-2H3,(H,30,33)/t21-,23?,25?,26+/m0/s1. The van der Waals surface area contributed by atoms with Crippen molar-refractivity contribution < 1.29 is 9.59 Å². The molecule has 1 aromatic carbocycles. The molecule has 0 aromatic heterocycles. The highest BCUT2D eigenvalue weighted by Crippen LogP contribution is 2.34. The van der Waals surface area contributed by atoms with Crippen molar-refractivity contribution in [2.75, 3.05) is 33.2 Å². The molecule has 34 heavy (non-hydrogen) atoms. The second-order valence-electron chi connectivity index (χ2n) is 10.7. The van der Waals surface area contributed by atoms with Crippen LogP contribution in [-0.2, 0) is 16.0 Å². The average Bonchev–Trinajstić information content (AvgIpc) is 3.16. The Balaban J connectivity index is 1.45. The summed E-state index contributed by atoms with van der Waals surface area (Å²) in [6.45, 7) is 5.81. The number of likely N-dealkylation sites (N-methyl/N-ethyl adjacent to an activating group) is 1. The molecule has 2 amide bonds. The Kier molecular flexibility index (Phi) is 9.01. The van der Waals surface area contributed by atoms with Crippen LogP contribution < -0.4 is 10.6 Å². The Morgan fingerprint density at radius 2 is 1.76 bits per heavy atom. The molecule has 0 radical (unpaired) electrons. The number of nitrogens with one attached hydrogen (secondary N) is 2. The van der Waals surface area contributed by atoms with E-state index in [-0.39, 0.29) is 35.9 Å². The number of fused-ring (bicyclic) bond motifs is 1. The van der Waals surface area contributed by atoms with Crippen molar-refractivity contribution in [3.63, 3.8) is 0 Å². The van der Waals surface area contributed by atoms with E-state index in [2.05, 4.69) is 50.8 Å². The second kappa shape index (κ2) is 12.2. The minimum Gasteiger partial charge on any atom is -0.343 e. The maximum absolute atomic E-state index is 14.0. The van der Waals surface area contributed by atoms with Gasteiger partial charge in [0.05, 0.1) is 6.04 Å². The van der Waals surface area contributed by atoms with Gasteiger partial charge in [0.2, 0.25) is 11.8 Å². The predicted molar refractivity (Wildman–Crippen MR) is 136 cm³/mol. The third-order valence-corrected chi connectivity index (χ3v) is 8.53. The summed E-state index contributed by atoms with van der Waals surface area (Å²) in [6, 6.07) is 10.3. The Labute approximate surface area is 205 Å². The Morgan fingerprint density at radius 3 is 2.50 bits per heavy atom. The fourth-order valence-corrected chi connectivity index (χ4v) is 6.28. The van der Waals surface area contributed by atoms with E-state index in [1.807, 2.05) is 6.92 Å². The van der Waals surface area contributed by atoms with Gasteiger partial charge in [0.25, 0.3) is 0 Å². The molecule has 0 spiro atoms. The van der Waals surface area contributed by atoms with Crippen LogP contribution in [0.25, 0.3) is 0 Å². The highest BCUT2D eigenvalue weighted by molar-refractivity contribution is 5.90. The minimum absolute atomic E-state index is 0.0625. The van der Waals surface area contributed by atoms with Gasteiger partial charge in [0, 0.05) is 25.7 Å². The van der Waals surface area contributed by atoms with Gasteiger partial charge in [-0.25, -0.2) is 0 Å². The first-order chi connectivity index (χ1) is 16.6. The molecule has 3 aliphatic rings. The third kappa shape index (κ3) is 6.19. The summed E-state index contributed by atoms with van der Waals surface area (Å²) in [5.74, 6) is 0.950. The van der Waals surface area contributed by atoms with E-state index in [4.69, 9.17) is 0 Å². The van der Waals surface area contributed by atoms with Crippen LogP contribution in [0.1, 0.15) is 63.9 Å². The van der Waals surface area contributed by atoms with E-state index in [1.54, 1.807) is 7.05 Å². The normalized spacial score (nSPS) is 25.9. The van der Waals surface area contributed by atoms with Crippen molar-refractivity contribution >= 4 is 11.8 Å². The number of likely N-dealkylation sites (tertiary alicyclic amines) is 2. The molecule has 1 saturated carbocycles. The van der Waals surface area contributed by atoms with Gasteiger partial charge in [-0.05, 0) is 76.4 Å². The number of hydrogen-bond acceptors (Lipinski definition) is 4. The van der Waals surface area contributed by atoms with Crippen molar-refractivity contribution in [3.8, 4) is 0 Å². The van der Waals surface area contributed by atoms with E-state index in [9.17, 15) is 9.59 Å². The van der Waals surface area contributed by atoms with Gasteiger partial charge in [0.15, 0.2) is 0 Å². The fraction of sp³-hybridized carbons (Fsp3) is 0.714. The highest BCUT2D eigenvalue weighted by Gasteiger charge is 2.43. The van der Waals surface area contributed by atoms with E-state index in [0.29, 0.717) is 5.92 Å². The lowest BCUT2D eigenvalue weighted by Crippen LogP contribution is -2.57. The van der Waals surface area contributed by atoms with Crippen LogP contribution >= 0.6 is 0 Å². The molecule has 4 atom stereocenters. The zero-order valence-electron chi connectivity index (χ0n) is 21.2. The van der Waals surface area contributed by atoms with Crippen molar-refractivity contribution in [1.29, 1.82) is 0 Å². The smallest absolute Gasteiger partial charge is 0.245 e. The maximum atomic E-state index is 14.0. The Morgan fingerprint density at radius 1 is 1.00 bits per heavy atom. The lowest BCUT2D eigenvalue weighted by molar-refractivity contribution is -0.140. The largest absolute Gasteiger partial charge is 0.343 e. The van der Waals surface area contributed by atoms with Gasteiger partial charge in [-0.1, -0.05) is 49.6 Å². The van der Waals surface area contributed by atoms with Crippen molar-refractivity contribution in [1.82, 2.24) is 20.4 Å². The fourth-order valence-electron chi connectivity index (χ4n) is 6.28.